The number of rotatable bonds is 5. The largest absolute Gasteiger partial charge is 0.493 e. The molecule has 0 amide bonds. The molecule has 110 valence electrons. The number of methoxy groups -OCH3 is 1. The van der Waals surface area contributed by atoms with Crippen molar-refractivity contribution in [1.82, 2.24) is 0 Å². The standard InChI is InChI=1S/C15H13BrClNO3/c1-20-14-6-11(8-18-19)13(16)7-15(14)21-9-10-2-4-12(17)5-3-10/h2-8,19H,9H2,1H3. The molecule has 0 heterocycles. The third kappa shape index (κ3) is 4.12. The summed E-state index contributed by atoms with van der Waals surface area (Å²) in [5, 5.41) is 12.3. The second kappa shape index (κ2) is 7.33. The van der Waals surface area contributed by atoms with Crippen LogP contribution in [0.15, 0.2) is 46.0 Å². The monoisotopic (exact) mass is 369 g/mol. The van der Waals surface area contributed by atoms with Gasteiger partial charge in [0.25, 0.3) is 0 Å². The minimum atomic E-state index is 0.396. The molecule has 0 radical (unpaired) electrons. The van der Waals surface area contributed by atoms with Crippen LogP contribution in [0, 0.1) is 0 Å². The molecule has 1 N–H and O–H groups in total. The van der Waals surface area contributed by atoms with Gasteiger partial charge in [0.2, 0.25) is 0 Å². The van der Waals surface area contributed by atoms with Gasteiger partial charge in [-0.3, -0.25) is 0 Å². The van der Waals surface area contributed by atoms with Crippen LogP contribution in [-0.2, 0) is 6.61 Å². The maximum absolute atomic E-state index is 8.62. The van der Waals surface area contributed by atoms with Crippen LogP contribution in [0.4, 0.5) is 0 Å². The first-order valence-electron chi connectivity index (χ1n) is 6.06. The smallest absolute Gasteiger partial charge is 0.162 e. The predicted octanol–water partition coefficient (Wildman–Crippen LogP) is 4.50. The average Bonchev–Trinajstić information content (AvgIpc) is 2.49. The number of ether oxygens (including phenoxy) is 2. The van der Waals surface area contributed by atoms with E-state index in [1.807, 2.05) is 24.3 Å². The van der Waals surface area contributed by atoms with Gasteiger partial charge >= 0.3 is 0 Å². The molecule has 0 spiro atoms. The van der Waals surface area contributed by atoms with Gasteiger partial charge < -0.3 is 14.7 Å². The lowest BCUT2D eigenvalue weighted by Crippen LogP contribution is -1.99. The van der Waals surface area contributed by atoms with Gasteiger partial charge in [-0.25, -0.2) is 0 Å². The first-order chi connectivity index (χ1) is 10.1. The lowest BCUT2D eigenvalue weighted by Gasteiger charge is -2.12. The van der Waals surface area contributed by atoms with Gasteiger partial charge in [0, 0.05) is 15.1 Å². The molecule has 2 aromatic rings. The molecule has 0 saturated heterocycles. The van der Waals surface area contributed by atoms with E-state index in [1.54, 1.807) is 19.2 Å². The summed E-state index contributed by atoms with van der Waals surface area (Å²) in [6.07, 6.45) is 1.32. The fourth-order valence-corrected chi connectivity index (χ4v) is 2.28. The molecule has 0 unspecified atom stereocenters. The highest BCUT2D eigenvalue weighted by molar-refractivity contribution is 9.10. The molecule has 0 aromatic heterocycles. The van der Waals surface area contributed by atoms with E-state index < -0.39 is 0 Å². The Morgan fingerprint density at radius 3 is 2.57 bits per heavy atom. The molecule has 21 heavy (non-hydrogen) atoms. The van der Waals surface area contributed by atoms with Crippen LogP contribution in [0.5, 0.6) is 11.5 Å². The SMILES string of the molecule is COc1cc(C=NO)c(Br)cc1OCc1ccc(Cl)cc1. The molecule has 0 aliphatic heterocycles. The minimum absolute atomic E-state index is 0.396. The molecule has 0 saturated carbocycles. The van der Waals surface area contributed by atoms with Gasteiger partial charge in [-0.15, -0.1) is 0 Å². The van der Waals surface area contributed by atoms with Crippen LogP contribution in [-0.4, -0.2) is 18.5 Å². The Morgan fingerprint density at radius 1 is 1.24 bits per heavy atom. The number of hydrogen-bond donors (Lipinski definition) is 1. The Hall–Kier alpha value is -1.72. The second-order valence-electron chi connectivity index (χ2n) is 4.18. The van der Waals surface area contributed by atoms with Crippen molar-refractivity contribution in [2.24, 2.45) is 5.16 Å². The number of nitrogens with zero attached hydrogens (tertiary/aromatic N) is 1. The van der Waals surface area contributed by atoms with Gasteiger partial charge in [0.15, 0.2) is 11.5 Å². The lowest BCUT2D eigenvalue weighted by atomic mass is 10.2. The van der Waals surface area contributed by atoms with Crippen molar-refractivity contribution in [3.63, 3.8) is 0 Å². The third-order valence-corrected chi connectivity index (χ3v) is 3.73. The van der Waals surface area contributed by atoms with Crippen molar-refractivity contribution in [2.75, 3.05) is 7.11 Å². The first kappa shape index (κ1) is 15.7. The summed E-state index contributed by atoms with van der Waals surface area (Å²) in [6, 6.07) is 10.9. The molecule has 0 bridgehead atoms. The molecule has 2 aromatic carbocycles. The van der Waals surface area contributed by atoms with Crippen molar-refractivity contribution >= 4 is 33.7 Å². The summed E-state index contributed by atoms with van der Waals surface area (Å²) in [6.45, 7) is 0.396. The van der Waals surface area contributed by atoms with E-state index in [9.17, 15) is 0 Å². The lowest BCUT2D eigenvalue weighted by molar-refractivity contribution is 0.284. The Balaban J connectivity index is 2.19. The summed E-state index contributed by atoms with van der Waals surface area (Å²) in [4.78, 5) is 0. The second-order valence-corrected chi connectivity index (χ2v) is 5.48. The Kier molecular flexibility index (Phi) is 5.47. The highest BCUT2D eigenvalue weighted by atomic mass is 79.9. The van der Waals surface area contributed by atoms with Crippen LogP contribution in [0.1, 0.15) is 11.1 Å². The predicted molar refractivity (Wildman–Crippen MR) is 85.9 cm³/mol. The number of benzene rings is 2. The Morgan fingerprint density at radius 2 is 1.95 bits per heavy atom. The van der Waals surface area contributed by atoms with E-state index >= 15 is 0 Å². The molecular formula is C15H13BrClNO3. The molecular weight excluding hydrogens is 358 g/mol. The highest BCUT2D eigenvalue weighted by Gasteiger charge is 2.09. The minimum Gasteiger partial charge on any atom is -0.493 e. The van der Waals surface area contributed by atoms with E-state index in [-0.39, 0.29) is 0 Å². The van der Waals surface area contributed by atoms with E-state index in [2.05, 4.69) is 21.1 Å². The van der Waals surface area contributed by atoms with Gasteiger partial charge in [0.05, 0.1) is 13.3 Å². The molecule has 0 aliphatic carbocycles. The molecule has 6 heteroatoms. The summed E-state index contributed by atoms with van der Waals surface area (Å²) in [5.74, 6) is 1.15. The number of hydrogen-bond acceptors (Lipinski definition) is 4. The molecule has 0 atom stereocenters. The van der Waals surface area contributed by atoms with Crippen LogP contribution >= 0.6 is 27.5 Å². The first-order valence-corrected chi connectivity index (χ1v) is 7.23. The number of oxime groups is 1. The summed E-state index contributed by atoms with van der Waals surface area (Å²) < 4.78 is 11.8. The maximum Gasteiger partial charge on any atom is 0.162 e. The summed E-state index contributed by atoms with van der Waals surface area (Å²) in [5.41, 5.74) is 1.69. The van der Waals surface area contributed by atoms with Crippen LogP contribution in [0.25, 0.3) is 0 Å². The maximum atomic E-state index is 8.62. The fraction of sp³-hybridized carbons (Fsp3) is 0.133. The van der Waals surface area contributed by atoms with Crippen molar-refractivity contribution in [1.29, 1.82) is 0 Å². The molecule has 0 fully saturated rings. The Bertz CT molecular complexity index is 644. The van der Waals surface area contributed by atoms with Gasteiger partial charge in [-0.1, -0.05) is 28.9 Å². The van der Waals surface area contributed by atoms with Crippen molar-refractivity contribution in [3.8, 4) is 11.5 Å². The topological polar surface area (TPSA) is 51.0 Å². The summed E-state index contributed by atoms with van der Waals surface area (Å²) in [7, 11) is 1.55. The van der Waals surface area contributed by atoms with Crippen molar-refractivity contribution < 1.29 is 14.7 Å². The normalized spacial score (nSPS) is 10.8. The Labute approximate surface area is 136 Å². The fourth-order valence-electron chi connectivity index (χ4n) is 1.73. The van der Waals surface area contributed by atoms with Crippen LogP contribution in [0.3, 0.4) is 0 Å². The van der Waals surface area contributed by atoms with E-state index in [0.717, 1.165) is 10.0 Å². The third-order valence-electron chi connectivity index (χ3n) is 2.79. The number of halogens is 2. The zero-order valence-electron chi connectivity index (χ0n) is 11.2. The molecule has 4 nitrogen and oxygen atoms in total. The zero-order valence-corrected chi connectivity index (χ0v) is 13.6. The van der Waals surface area contributed by atoms with Crippen molar-refractivity contribution in [2.45, 2.75) is 6.61 Å². The van der Waals surface area contributed by atoms with E-state index in [1.165, 1.54) is 6.21 Å². The van der Waals surface area contributed by atoms with Gasteiger partial charge in [-0.05, 0) is 45.8 Å². The van der Waals surface area contributed by atoms with E-state index in [4.69, 9.17) is 26.3 Å². The summed E-state index contributed by atoms with van der Waals surface area (Å²) >= 11 is 9.24. The zero-order chi connectivity index (χ0) is 15.2. The molecule has 2 rings (SSSR count). The highest BCUT2D eigenvalue weighted by Crippen LogP contribution is 2.33. The average molecular weight is 371 g/mol. The molecule has 0 aliphatic rings. The van der Waals surface area contributed by atoms with Crippen molar-refractivity contribution in [3.05, 3.63) is 57.0 Å². The van der Waals surface area contributed by atoms with Gasteiger partial charge in [-0.2, -0.15) is 0 Å². The quantitative estimate of drug-likeness (QED) is 0.479. The van der Waals surface area contributed by atoms with E-state index in [0.29, 0.717) is 28.7 Å². The van der Waals surface area contributed by atoms with Gasteiger partial charge in [0.1, 0.15) is 6.61 Å². The van der Waals surface area contributed by atoms with Crippen LogP contribution in [0.2, 0.25) is 5.02 Å². The van der Waals surface area contributed by atoms with Crippen LogP contribution < -0.4 is 9.47 Å².